The van der Waals surface area contributed by atoms with Crippen molar-refractivity contribution in [3.8, 4) is 0 Å². The maximum Gasteiger partial charge on any atom is 0.321 e. The van der Waals surface area contributed by atoms with Crippen molar-refractivity contribution in [2.24, 2.45) is 0 Å². The van der Waals surface area contributed by atoms with Crippen molar-refractivity contribution in [3.05, 3.63) is 58.8 Å². The lowest BCUT2D eigenvalue weighted by Crippen LogP contribution is -2.31. The summed E-state index contributed by atoms with van der Waals surface area (Å²) in [6.45, 7) is 2.12. The number of rotatable bonds is 8. The number of hydrogen-bond donors (Lipinski definition) is 2. The molecule has 0 fully saturated rings. The number of carbonyl (C=O) groups is 1. The Balaban J connectivity index is 1.72. The molecule has 0 unspecified atom stereocenters. The number of fused-ring (bicyclic) bond motifs is 1. The van der Waals surface area contributed by atoms with Gasteiger partial charge in [0.15, 0.2) is 5.82 Å². The summed E-state index contributed by atoms with van der Waals surface area (Å²) in [7, 11) is 5.86. The lowest BCUT2D eigenvalue weighted by molar-refractivity contribution is 0.219. The average molecular weight is 471 g/mol. The SMILES string of the molecule is CN(C)CCCNc1nc(CN(C)C(=O)Nc2cccc(Br)c2)nc2ccccc12. The van der Waals surface area contributed by atoms with Crippen LogP contribution in [0.25, 0.3) is 10.9 Å². The number of anilines is 2. The smallest absolute Gasteiger partial charge is 0.321 e. The Kier molecular flexibility index (Phi) is 7.59. The van der Waals surface area contributed by atoms with Gasteiger partial charge in [-0.15, -0.1) is 0 Å². The zero-order chi connectivity index (χ0) is 21.5. The number of aromatic nitrogens is 2. The topological polar surface area (TPSA) is 73.4 Å². The van der Waals surface area contributed by atoms with Crippen LogP contribution in [0.2, 0.25) is 0 Å². The van der Waals surface area contributed by atoms with Crippen LogP contribution in [-0.4, -0.2) is 60.0 Å². The molecule has 7 nitrogen and oxygen atoms in total. The zero-order valence-corrected chi connectivity index (χ0v) is 19.1. The van der Waals surface area contributed by atoms with E-state index in [1.165, 1.54) is 0 Å². The molecule has 1 aromatic heterocycles. The number of hydrogen-bond acceptors (Lipinski definition) is 5. The summed E-state index contributed by atoms with van der Waals surface area (Å²) in [5.74, 6) is 1.39. The van der Waals surface area contributed by atoms with Crippen LogP contribution in [0.1, 0.15) is 12.2 Å². The van der Waals surface area contributed by atoms with Gasteiger partial charge in [0.25, 0.3) is 0 Å². The Bertz CT molecular complexity index is 1010. The average Bonchev–Trinajstić information content (AvgIpc) is 2.71. The predicted octanol–water partition coefficient (Wildman–Crippen LogP) is 4.42. The van der Waals surface area contributed by atoms with E-state index in [2.05, 4.69) is 50.5 Å². The summed E-state index contributed by atoms with van der Waals surface area (Å²) in [6, 6.07) is 15.2. The van der Waals surface area contributed by atoms with E-state index in [0.717, 1.165) is 46.4 Å². The quantitative estimate of drug-likeness (QED) is 0.476. The monoisotopic (exact) mass is 470 g/mol. The van der Waals surface area contributed by atoms with E-state index in [4.69, 9.17) is 4.98 Å². The molecule has 8 heteroatoms. The van der Waals surface area contributed by atoms with Gasteiger partial charge in [0.1, 0.15) is 5.82 Å². The summed E-state index contributed by atoms with van der Waals surface area (Å²) >= 11 is 3.41. The van der Waals surface area contributed by atoms with Crippen LogP contribution >= 0.6 is 15.9 Å². The van der Waals surface area contributed by atoms with Crippen LogP contribution in [-0.2, 0) is 6.54 Å². The van der Waals surface area contributed by atoms with Gasteiger partial charge in [-0.2, -0.15) is 0 Å². The maximum atomic E-state index is 12.6. The second-order valence-electron chi connectivity index (χ2n) is 7.39. The molecule has 1 heterocycles. The molecule has 2 aromatic carbocycles. The molecule has 0 atom stereocenters. The third-order valence-corrected chi connectivity index (χ3v) is 5.02. The number of carbonyl (C=O) groups excluding carboxylic acids is 1. The number of para-hydroxylation sites is 1. The summed E-state index contributed by atoms with van der Waals surface area (Å²) in [6.07, 6.45) is 1.01. The fourth-order valence-corrected chi connectivity index (χ4v) is 3.40. The summed E-state index contributed by atoms with van der Waals surface area (Å²) < 4.78 is 0.908. The molecule has 0 saturated carbocycles. The van der Waals surface area contributed by atoms with E-state index in [1.807, 2.05) is 48.5 Å². The van der Waals surface area contributed by atoms with Crippen LogP contribution in [0.15, 0.2) is 53.0 Å². The van der Waals surface area contributed by atoms with Gasteiger partial charge in [-0.3, -0.25) is 0 Å². The van der Waals surface area contributed by atoms with E-state index in [0.29, 0.717) is 12.4 Å². The van der Waals surface area contributed by atoms with Gasteiger partial charge < -0.3 is 20.4 Å². The highest BCUT2D eigenvalue weighted by atomic mass is 79.9. The van der Waals surface area contributed by atoms with E-state index in [9.17, 15) is 4.79 Å². The fourth-order valence-electron chi connectivity index (χ4n) is 3.00. The van der Waals surface area contributed by atoms with Gasteiger partial charge in [-0.1, -0.05) is 34.1 Å². The highest BCUT2D eigenvalue weighted by Gasteiger charge is 2.14. The number of urea groups is 1. The maximum absolute atomic E-state index is 12.6. The van der Waals surface area contributed by atoms with Crippen LogP contribution in [0.3, 0.4) is 0 Å². The summed E-state index contributed by atoms with van der Waals surface area (Å²) in [5, 5.41) is 7.30. The lowest BCUT2D eigenvalue weighted by atomic mass is 10.2. The second kappa shape index (κ2) is 10.4. The Labute approximate surface area is 185 Å². The first-order valence-corrected chi connectivity index (χ1v) is 10.6. The van der Waals surface area contributed by atoms with E-state index < -0.39 is 0 Å². The van der Waals surface area contributed by atoms with Gasteiger partial charge >= 0.3 is 6.03 Å². The van der Waals surface area contributed by atoms with Crippen molar-refractivity contribution >= 4 is 44.4 Å². The third-order valence-electron chi connectivity index (χ3n) is 4.53. The van der Waals surface area contributed by atoms with Crippen molar-refractivity contribution in [2.75, 3.05) is 44.9 Å². The summed E-state index contributed by atoms with van der Waals surface area (Å²) in [5.41, 5.74) is 1.59. The van der Waals surface area contributed by atoms with Gasteiger partial charge in [0, 0.05) is 29.1 Å². The number of nitrogens with zero attached hydrogens (tertiary/aromatic N) is 4. The molecular weight excluding hydrogens is 444 g/mol. The molecule has 2 amide bonds. The number of benzene rings is 2. The summed E-state index contributed by atoms with van der Waals surface area (Å²) in [4.78, 5) is 25.6. The molecule has 0 saturated heterocycles. The molecule has 0 bridgehead atoms. The molecule has 158 valence electrons. The van der Waals surface area contributed by atoms with Gasteiger partial charge in [0.2, 0.25) is 0 Å². The van der Waals surface area contributed by atoms with Crippen molar-refractivity contribution in [3.63, 3.8) is 0 Å². The Hall–Kier alpha value is -2.71. The Morgan fingerprint density at radius 3 is 2.63 bits per heavy atom. The Morgan fingerprint density at radius 2 is 1.87 bits per heavy atom. The predicted molar refractivity (Wildman–Crippen MR) is 126 cm³/mol. The second-order valence-corrected chi connectivity index (χ2v) is 8.30. The number of halogens is 1. The first-order chi connectivity index (χ1) is 14.4. The molecule has 0 radical (unpaired) electrons. The van der Waals surface area contributed by atoms with Crippen molar-refractivity contribution in [1.29, 1.82) is 0 Å². The molecule has 2 N–H and O–H groups in total. The lowest BCUT2D eigenvalue weighted by Gasteiger charge is -2.18. The molecule has 3 aromatic rings. The highest BCUT2D eigenvalue weighted by molar-refractivity contribution is 9.10. The van der Waals surface area contributed by atoms with Crippen molar-refractivity contribution in [1.82, 2.24) is 19.8 Å². The molecule has 0 spiro atoms. The third kappa shape index (κ3) is 6.14. The first-order valence-electron chi connectivity index (χ1n) is 9.84. The largest absolute Gasteiger partial charge is 0.369 e. The van der Waals surface area contributed by atoms with Gasteiger partial charge in [-0.25, -0.2) is 14.8 Å². The van der Waals surface area contributed by atoms with Gasteiger partial charge in [0.05, 0.1) is 12.1 Å². The van der Waals surface area contributed by atoms with Crippen LogP contribution in [0.4, 0.5) is 16.3 Å². The highest BCUT2D eigenvalue weighted by Crippen LogP contribution is 2.21. The zero-order valence-electron chi connectivity index (χ0n) is 17.5. The molecule has 0 aliphatic rings. The fraction of sp³-hybridized carbons (Fsp3) is 0.318. The van der Waals surface area contributed by atoms with E-state index >= 15 is 0 Å². The molecule has 30 heavy (non-hydrogen) atoms. The minimum Gasteiger partial charge on any atom is -0.369 e. The van der Waals surface area contributed by atoms with E-state index in [-0.39, 0.29) is 6.03 Å². The molecule has 0 aliphatic heterocycles. The minimum atomic E-state index is -0.217. The van der Waals surface area contributed by atoms with Crippen molar-refractivity contribution in [2.45, 2.75) is 13.0 Å². The van der Waals surface area contributed by atoms with Crippen LogP contribution in [0, 0.1) is 0 Å². The van der Waals surface area contributed by atoms with Crippen LogP contribution in [0.5, 0.6) is 0 Å². The number of amides is 2. The molecular formula is C22H27BrN6O. The minimum absolute atomic E-state index is 0.217. The van der Waals surface area contributed by atoms with Crippen LogP contribution < -0.4 is 10.6 Å². The normalized spacial score (nSPS) is 11.0. The van der Waals surface area contributed by atoms with Gasteiger partial charge in [-0.05, 0) is 57.4 Å². The Morgan fingerprint density at radius 1 is 1.07 bits per heavy atom. The molecule has 3 rings (SSSR count). The van der Waals surface area contributed by atoms with E-state index in [1.54, 1.807) is 11.9 Å². The standard InChI is InChI=1S/C22H27BrN6O/c1-28(2)13-7-12-24-21-18-10-4-5-11-19(18)26-20(27-21)15-29(3)22(30)25-17-9-6-8-16(23)14-17/h4-6,8-11,14H,7,12-13,15H2,1-3H3,(H,25,30)(H,24,26,27). The molecule has 0 aliphatic carbocycles. The first kappa shape index (κ1) is 22.0. The number of nitrogens with one attached hydrogen (secondary N) is 2. The van der Waals surface area contributed by atoms with Crippen molar-refractivity contribution < 1.29 is 4.79 Å².